The molecule has 3 N–H and O–H groups in total. The third-order valence-corrected chi connectivity index (χ3v) is 2.78. The number of carbonyl (C=O) groups is 1. The summed E-state index contributed by atoms with van der Waals surface area (Å²) in [6.07, 6.45) is 0. The smallest absolute Gasteiger partial charge is 0.238 e. The lowest BCUT2D eigenvalue weighted by Crippen LogP contribution is -2.32. The topological polar surface area (TPSA) is 67.6 Å². The van der Waals surface area contributed by atoms with Gasteiger partial charge >= 0.3 is 0 Å². The number of thiocarbonyl (C=S) groups is 1. The molecule has 0 aromatic heterocycles. The SMILES string of the molecule is COCCN(C)CC(=O)Nc1ccc(C(N)=S)cc1. The molecule has 1 amide bonds. The van der Waals surface area contributed by atoms with Crippen LogP contribution in [0.2, 0.25) is 0 Å². The van der Waals surface area contributed by atoms with E-state index in [1.54, 1.807) is 31.4 Å². The number of nitrogens with one attached hydrogen (secondary N) is 1. The molecule has 0 saturated carbocycles. The molecule has 0 fully saturated rings. The van der Waals surface area contributed by atoms with Gasteiger partial charge in [0.1, 0.15) is 4.99 Å². The molecule has 0 unspecified atom stereocenters. The van der Waals surface area contributed by atoms with Crippen molar-refractivity contribution in [1.82, 2.24) is 4.90 Å². The number of amides is 1. The van der Waals surface area contributed by atoms with Crippen molar-refractivity contribution in [3.05, 3.63) is 29.8 Å². The van der Waals surface area contributed by atoms with Crippen molar-refractivity contribution in [2.45, 2.75) is 0 Å². The van der Waals surface area contributed by atoms with Crippen LogP contribution in [-0.4, -0.2) is 49.6 Å². The van der Waals surface area contributed by atoms with Gasteiger partial charge in [-0.3, -0.25) is 9.69 Å². The number of hydrogen-bond acceptors (Lipinski definition) is 4. The van der Waals surface area contributed by atoms with E-state index in [2.05, 4.69) is 5.32 Å². The van der Waals surface area contributed by atoms with Crippen molar-refractivity contribution >= 4 is 28.8 Å². The van der Waals surface area contributed by atoms with Crippen LogP contribution >= 0.6 is 12.2 Å². The first-order valence-electron chi connectivity index (χ1n) is 5.90. The van der Waals surface area contributed by atoms with Gasteiger partial charge < -0.3 is 15.8 Å². The summed E-state index contributed by atoms with van der Waals surface area (Å²) < 4.78 is 4.95. The van der Waals surface area contributed by atoms with Crippen molar-refractivity contribution in [3.63, 3.8) is 0 Å². The van der Waals surface area contributed by atoms with E-state index in [1.807, 2.05) is 11.9 Å². The maximum atomic E-state index is 11.8. The highest BCUT2D eigenvalue weighted by atomic mass is 32.1. The molecule has 0 radical (unpaired) electrons. The van der Waals surface area contributed by atoms with Crippen LogP contribution in [0.1, 0.15) is 5.56 Å². The molecule has 0 heterocycles. The lowest BCUT2D eigenvalue weighted by molar-refractivity contribution is -0.117. The number of benzene rings is 1. The minimum atomic E-state index is -0.0679. The largest absolute Gasteiger partial charge is 0.389 e. The Hall–Kier alpha value is -1.50. The van der Waals surface area contributed by atoms with Gasteiger partial charge in [-0.05, 0) is 31.3 Å². The normalized spacial score (nSPS) is 10.5. The zero-order chi connectivity index (χ0) is 14.3. The predicted octanol–water partition coefficient (Wildman–Crippen LogP) is 0.838. The van der Waals surface area contributed by atoms with Crippen LogP contribution in [0.5, 0.6) is 0 Å². The molecule has 0 aliphatic heterocycles. The second-order valence-corrected chi connectivity index (χ2v) is 4.66. The fourth-order valence-electron chi connectivity index (χ4n) is 1.49. The standard InChI is InChI=1S/C13H19N3O2S/c1-16(7-8-18-2)9-12(17)15-11-5-3-10(4-6-11)13(14)19/h3-6H,7-9H2,1-2H3,(H2,14,19)(H,15,17). The highest BCUT2D eigenvalue weighted by molar-refractivity contribution is 7.80. The lowest BCUT2D eigenvalue weighted by Gasteiger charge is -2.15. The first-order chi connectivity index (χ1) is 9.02. The van der Waals surface area contributed by atoms with E-state index >= 15 is 0 Å². The highest BCUT2D eigenvalue weighted by Gasteiger charge is 2.06. The number of anilines is 1. The quantitative estimate of drug-likeness (QED) is 0.725. The molecule has 5 nitrogen and oxygen atoms in total. The van der Waals surface area contributed by atoms with Crippen LogP contribution < -0.4 is 11.1 Å². The summed E-state index contributed by atoms with van der Waals surface area (Å²) >= 11 is 4.86. The molecular formula is C13H19N3O2S. The Kier molecular flexibility index (Phi) is 6.41. The van der Waals surface area contributed by atoms with Gasteiger partial charge in [-0.25, -0.2) is 0 Å². The Labute approximate surface area is 118 Å². The van der Waals surface area contributed by atoms with Crippen LogP contribution in [0.4, 0.5) is 5.69 Å². The van der Waals surface area contributed by atoms with Gasteiger partial charge in [0.05, 0.1) is 13.2 Å². The van der Waals surface area contributed by atoms with Crippen molar-refractivity contribution in [1.29, 1.82) is 0 Å². The zero-order valence-electron chi connectivity index (χ0n) is 11.2. The fraction of sp³-hybridized carbons (Fsp3) is 0.385. The molecule has 6 heteroatoms. The number of nitrogens with zero attached hydrogens (tertiary/aromatic N) is 1. The molecule has 1 aromatic carbocycles. The monoisotopic (exact) mass is 281 g/mol. The summed E-state index contributed by atoms with van der Waals surface area (Å²) in [6, 6.07) is 7.13. The third-order valence-electron chi connectivity index (χ3n) is 2.54. The average molecular weight is 281 g/mol. The molecule has 0 aliphatic carbocycles. The molecule has 1 rings (SSSR count). The Bertz CT molecular complexity index is 434. The number of hydrogen-bond donors (Lipinski definition) is 2. The van der Waals surface area contributed by atoms with Crippen molar-refractivity contribution in [2.24, 2.45) is 5.73 Å². The number of rotatable bonds is 7. The molecular weight excluding hydrogens is 262 g/mol. The van der Waals surface area contributed by atoms with Gasteiger partial charge in [0.25, 0.3) is 0 Å². The van der Waals surface area contributed by atoms with Gasteiger partial charge in [0.2, 0.25) is 5.91 Å². The summed E-state index contributed by atoms with van der Waals surface area (Å²) in [5.41, 5.74) is 7.01. The average Bonchev–Trinajstić information content (AvgIpc) is 2.36. The van der Waals surface area contributed by atoms with Crippen LogP contribution in [0.25, 0.3) is 0 Å². The van der Waals surface area contributed by atoms with Crippen LogP contribution in [0, 0.1) is 0 Å². The molecule has 0 aliphatic rings. The van der Waals surface area contributed by atoms with Crippen LogP contribution in [-0.2, 0) is 9.53 Å². The summed E-state index contributed by atoms with van der Waals surface area (Å²) in [5.74, 6) is -0.0679. The Morgan fingerprint density at radius 3 is 2.58 bits per heavy atom. The fourth-order valence-corrected chi connectivity index (χ4v) is 1.63. The van der Waals surface area contributed by atoms with Crippen molar-refractivity contribution in [3.8, 4) is 0 Å². The van der Waals surface area contributed by atoms with E-state index in [1.165, 1.54) is 0 Å². The molecule has 0 saturated heterocycles. The minimum Gasteiger partial charge on any atom is -0.389 e. The lowest BCUT2D eigenvalue weighted by atomic mass is 10.2. The second kappa shape index (κ2) is 7.83. The highest BCUT2D eigenvalue weighted by Crippen LogP contribution is 2.09. The van der Waals surface area contributed by atoms with Gasteiger partial charge in [0.15, 0.2) is 0 Å². The van der Waals surface area contributed by atoms with Gasteiger partial charge in [-0.15, -0.1) is 0 Å². The number of carbonyl (C=O) groups excluding carboxylic acids is 1. The Morgan fingerprint density at radius 1 is 1.42 bits per heavy atom. The van der Waals surface area contributed by atoms with E-state index < -0.39 is 0 Å². The number of nitrogens with two attached hydrogens (primary N) is 1. The minimum absolute atomic E-state index is 0.0679. The molecule has 104 valence electrons. The molecule has 0 bridgehead atoms. The molecule has 1 aromatic rings. The van der Waals surface area contributed by atoms with Crippen LogP contribution in [0.3, 0.4) is 0 Å². The van der Waals surface area contributed by atoms with E-state index in [9.17, 15) is 4.79 Å². The van der Waals surface area contributed by atoms with E-state index in [0.29, 0.717) is 24.7 Å². The summed E-state index contributed by atoms with van der Waals surface area (Å²) in [4.78, 5) is 14.0. The van der Waals surface area contributed by atoms with Crippen LogP contribution in [0.15, 0.2) is 24.3 Å². The summed E-state index contributed by atoms with van der Waals surface area (Å²) in [5, 5.41) is 2.81. The van der Waals surface area contributed by atoms with E-state index in [0.717, 1.165) is 11.3 Å². The number of likely N-dealkylation sites (N-methyl/N-ethyl adjacent to an activating group) is 1. The van der Waals surface area contributed by atoms with Crippen molar-refractivity contribution in [2.75, 3.05) is 39.2 Å². The maximum Gasteiger partial charge on any atom is 0.238 e. The van der Waals surface area contributed by atoms with Gasteiger partial charge in [-0.1, -0.05) is 12.2 Å². The first-order valence-corrected chi connectivity index (χ1v) is 6.31. The molecule has 19 heavy (non-hydrogen) atoms. The number of methoxy groups -OCH3 is 1. The number of ether oxygens (including phenoxy) is 1. The third kappa shape index (κ3) is 5.78. The molecule has 0 spiro atoms. The Morgan fingerprint density at radius 2 is 2.05 bits per heavy atom. The zero-order valence-corrected chi connectivity index (χ0v) is 12.0. The van der Waals surface area contributed by atoms with Gasteiger partial charge in [-0.2, -0.15) is 0 Å². The van der Waals surface area contributed by atoms with Crippen molar-refractivity contribution < 1.29 is 9.53 Å². The molecule has 0 atom stereocenters. The van der Waals surface area contributed by atoms with E-state index in [4.69, 9.17) is 22.7 Å². The Balaban J connectivity index is 2.45. The first kappa shape index (κ1) is 15.6. The second-order valence-electron chi connectivity index (χ2n) is 4.22. The van der Waals surface area contributed by atoms with E-state index in [-0.39, 0.29) is 5.91 Å². The summed E-state index contributed by atoms with van der Waals surface area (Å²) in [7, 11) is 3.51. The van der Waals surface area contributed by atoms with Gasteiger partial charge in [0, 0.05) is 24.9 Å². The predicted molar refractivity (Wildman–Crippen MR) is 80.3 cm³/mol. The summed E-state index contributed by atoms with van der Waals surface area (Å²) in [6.45, 7) is 1.64. The maximum absolute atomic E-state index is 11.8.